The highest BCUT2D eigenvalue weighted by molar-refractivity contribution is 7.09. The molecule has 1 aliphatic carbocycles. The number of nitrogens with zero attached hydrogens (tertiary/aromatic N) is 4. The second kappa shape index (κ2) is 6.90. The van der Waals surface area contributed by atoms with Crippen molar-refractivity contribution in [2.75, 3.05) is 26.2 Å². The van der Waals surface area contributed by atoms with Crippen LogP contribution in [0.25, 0.3) is 0 Å². The van der Waals surface area contributed by atoms with Gasteiger partial charge in [-0.25, -0.2) is 9.78 Å². The standard InChI is InChI=1S/C16H21N5O2S/c22-16(18-14(12-1-2-12)15-17-4-10-24-15)21-7-5-20(6-8-21)11-13-3-9-23-19-13/h3-4,9-10,12,14H,1-2,5-8,11H2,(H,18,22). The van der Waals surface area contributed by atoms with E-state index in [0.29, 0.717) is 5.92 Å². The summed E-state index contributed by atoms with van der Waals surface area (Å²) in [5, 5.41) is 10.1. The molecule has 1 saturated carbocycles. The van der Waals surface area contributed by atoms with Gasteiger partial charge in [0, 0.05) is 50.4 Å². The summed E-state index contributed by atoms with van der Waals surface area (Å²) in [5.41, 5.74) is 0.936. The van der Waals surface area contributed by atoms with Crippen molar-refractivity contribution in [3.63, 3.8) is 0 Å². The number of hydrogen-bond acceptors (Lipinski definition) is 6. The monoisotopic (exact) mass is 347 g/mol. The van der Waals surface area contributed by atoms with Crippen molar-refractivity contribution < 1.29 is 9.32 Å². The number of carbonyl (C=O) groups is 1. The summed E-state index contributed by atoms with van der Waals surface area (Å²) < 4.78 is 4.87. The molecule has 128 valence electrons. The van der Waals surface area contributed by atoms with E-state index in [4.69, 9.17) is 4.52 Å². The number of piperazine rings is 1. The zero-order valence-electron chi connectivity index (χ0n) is 13.4. The van der Waals surface area contributed by atoms with Gasteiger partial charge in [0.15, 0.2) is 0 Å². The molecule has 7 nitrogen and oxygen atoms in total. The fraction of sp³-hybridized carbons (Fsp3) is 0.562. The third kappa shape index (κ3) is 3.59. The van der Waals surface area contributed by atoms with Crippen LogP contribution < -0.4 is 5.32 Å². The van der Waals surface area contributed by atoms with Gasteiger partial charge in [0.1, 0.15) is 11.3 Å². The van der Waals surface area contributed by atoms with Gasteiger partial charge in [-0.15, -0.1) is 11.3 Å². The average molecular weight is 347 g/mol. The van der Waals surface area contributed by atoms with Crippen molar-refractivity contribution in [2.24, 2.45) is 5.92 Å². The van der Waals surface area contributed by atoms with Gasteiger partial charge in [0.25, 0.3) is 0 Å². The first-order valence-electron chi connectivity index (χ1n) is 8.36. The fourth-order valence-corrected chi connectivity index (χ4v) is 3.86. The summed E-state index contributed by atoms with van der Waals surface area (Å²) in [6, 6.07) is 1.99. The maximum atomic E-state index is 12.6. The molecular formula is C16H21N5O2S. The van der Waals surface area contributed by atoms with Crippen LogP contribution in [-0.2, 0) is 6.54 Å². The molecule has 2 amide bonds. The summed E-state index contributed by atoms with van der Waals surface area (Å²) in [6.45, 7) is 3.95. The van der Waals surface area contributed by atoms with Gasteiger partial charge in [-0.1, -0.05) is 5.16 Å². The van der Waals surface area contributed by atoms with Crippen LogP contribution in [0.5, 0.6) is 0 Å². The first-order valence-corrected chi connectivity index (χ1v) is 9.24. The van der Waals surface area contributed by atoms with Gasteiger partial charge in [0.2, 0.25) is 0 Å². The number of thiazole rings is 1. The van der Waals surface area contributed by atoms with Crippen LogP contribution in [0, 0.1) is 5.92 Å². The van der Waals surface area contributed by atoms with E-state index in [1.165, 1.54) is 12.8 Å². The van der Waals surface area contributed by atoms with Crippen LogP contribution in [0.15, 0.2) is 28.4 Å². The molecule has 2 aromatic rings. The largest absolute Gasteiger partial charge is 0.364 e. The predicted octanol–water partition coefficient (Wildman–Crippen LogP) is 2.11. The number of rotatable bonds is 5. The number of carbonyl (C=O) groups excluding carboxylic acids is 1. The minimum absolute atomic E-state index is 0.0307. The lowest BCUT2D eigenvalue weighted by Crippen LogP contribution is -2.52. The number of amides is 2. The van der Waals surface area contributed by atoms with E-state index in [1.54, 1.807) is 17.6 Å². The van der Waals surface area contributed by atoms with Crippen molar-refractivity contribution in [3.05, 3.63) is 34.6 Å². The van der Waals surface area contributed by atoms with Gasteiger partial charge in [-0.3, -0.25) is 4.90 Å². The molecular weight excluding hydrogens is 326 g/mol. The summed E-state index contributed by atoms with van der Waals surface area (Å²) in [4.78, 5) is 21.2. The molecule has 1 unspecified atom stereocenters. The minimum Gasteiger partial charge on any atom is -0.364 e. The van der Waals surface area contributed by atoms with Crippen LogP contribution in [0.2, 0.25) is 0 Å². The number of aromatic nitrogens is 2. The van der Waals surface area contributed by atoms with Crippen molar-refractivity contribution in [2.45, 2.75) is 25.4 Å². The molecule has 2 fully saturated rings. The second-order valence-corrected chi connectivity index (χ2v) is 7.32. The normalized spacial score (nSPS) is 20.1. The number of nitrogens with one attached hydrogen (secondary N) is 1. The first-order chi connectivity index (χ1) is 11.8. The van der Waals surface area contributed by atoms with Crippen molar-refractivity contribution in [1.29, 1.82) is 0 Å². The smallest absolute Gasteiger partial charge is 0.318 e. The van der Waals surface area contributed by atoms with Crippen molar-refractivity contribution >= 4 is 17.4 Å². The van der Waals surface area contributed by atoms with E-state index in [2.05, 4.69) is 20.4 Å². The van der Waals surface area contributed by atoms with Crippen LogP contribution in [0.4, 0.5) is 4.79 Å². The molecule has 1 atom stereocenters. The topological polar surface area (TPSA) is 74.5 Å². The Morgan fingerprint density at radius 2 is 2.21 bits per heavy atom. The Morgan fingerprint density at radius 1 is 1.38 bits per heavy atom. The predicted molar refractivity (Wildman–Crippen MR) is 89.5 cm³/mol. The Balaban J connectivity index is 1.29. The van der Waals surface area contributed by atoms with E-state index < -0.39 is 0 Å². The highest BCUT2D eigenvalue weighted by Gasteiger charge is 2.36. The molecule has 1 N–H and O–H groups in total. The van der Waals surface area contributed by atoms with Crippen LogP contribution in [0.3, 0.4) is 0 Å². The summed E-state index contributed by atoms with van der Waals surface area (Å²) in [7, 11) is 0. The molecule has 2 aliphatic rings. The van der Waals surface area contributed by atoms with Crippen LogP contribution >= 0.6 is 11.3 Å². The summed E-state index contributed by atoms with van der Waals surface area (Å²) in [5.74, 6) is 0.550. The first kappa shape index (κ1) is 15.6. The van der Waals surface area contributed by atoms with E-state index in [1.807, 2.05) is 22.5 Å². The Hall–Kier alpha value is -1.93. The van der Waals surface area contributed by atoms with Gasteiger partial charge in [-0.2, -0.15) is 0 Å². The van der Waals surface area contributed by atoms with E-state index in [9.17, 15) is 4.79 Å². The third-order valence-corrected chi connectivity index (χ3v) is 5.48. The lowest BCUT2D eigenvalue weighted by molar-refractivity contribution is 0.131. The van der Waals surface area contributed by atoms with Crippen molar-refractivity contribution in [1.82, 2.24) is 25.3 Å². The molecule has 0 aromatic carbocycles. The van der Waals surface area contributed by atoms with E-state index >= 15 is 0 Å². The van der Waals surface area contributed by atoms with Gasteiger partial charge in [0.05, 0.1) is 11.7 Å². The van der Waals surface area contributed by atoms with Crippen LogP contribution in [-0.4, -0.2) is 52.2 Å². The molecule has 0 bridgehead atoms. The lowest BCUT2D eigenvalue weighted by Gasteiger charge is -2.35. The minimum atomic E-state index is 0.0307. The molecule has 1 aliphatic heterocycles. The zero-order valence-corrected chi connectivity index (χ0v) is 14.2. The number of urea groups is 1. The van der Waals surface area contributed by atoms with Crippen LogP contribution in [0.1, 0.15) is 29.6 Å². The number of hydrogen-bond donors (Lipinski definition) is 1. The third-order valence-electron chi connectivity index (χ3n) is 4.63. The second-order valence-electron chi connectivity index (χ2n) is 6.39. The summed E-state index contributed by atoms with van der Waals surface area (Å²) in [6.07, 6.45) is 5.76. The van der Waals surface area contributed by atoms with Gasteiger partial charge < -0.3 is 14.7 Å². The average Bonchev–Trinajstić information content (AvgIpc) is 3.07. The lowest BCUT2D eigenvalue weighted by atomic mass is 10.2. The van der Waals surface area contributed by atoms with E-state index in [-0.39, 0.29) is 12.1 Å². The molecule has 0 spiro atoms. The Morgan fingerprint density at radius 3 is 2.83 bits per heavy atom. The molecule has 2 aromatic heterocycles. The molecule has 0 radical (unpaired) electrons. The SMILES string of the molecule is O=C(NC(c1nccs1)C1CC1)N1CCN(Cc2ccon2)CC1. The molecule has 4 rings (SSSR count). The molecule has 8 heteroatoms. The highest BCUT2D eigenvalue weighted by Crippen LogP contribution is 2.41. The van der Waals surface area contributed by atoms with E-state index in [0.717, 1.165) is 43.4 Å². The summed E-state index contributed by atoms with van der Waals surface area (Å²) >= 11 is 1.62. The molecule has 24 heavy (non-hydrogen) atoms. The maximum absolute atomic E-state index is 12.6. The molecule has 1 saturated heterocycles. The molecule has 3 heterocycles. The van der Waals surface area contributed by atoms with Crippen molar-refractivity contribution in [3.8, 4) is 0 Å². The van der Waals surface area contributed by atoms with Gasteiger partial charge in [-0.05, 0) is 18.8 Å². The van der Waals surface area contributed by atoms with Gasteiger partial charge >= 0.3 is 6.03 Å². The highest BCUT2D eigenvalue weighted by atomic mass is 32.1. The Bertz CT molecular complexity index is 648. The Labute approximate surface area is 144 Å². The maximum Gasteiger partial charge on any atom is 0.318 e. The Kier molecular flexibility index (Phi) is 4.48. The fourth-order valence-electron chi connectivity index (χ4n) is 3.08. The quantitative estimate of drug-likeness (QED) is 0.897. The zero-order chi connectivity index (χ0) is 16.4.